The van der Waals surface area contributed by atoms with Crippen molar-refractivity contribution in [2.24, 2.45) is 17.8 Å². The average Bonchev–Trinajstić information content (AvgIpc) is 3.00. The van der Waals surface area contributed by atoms with Crippen LogP contribution in [0.4, 0.5) is 0 Å². The van der Waals surface area contributed by atoms with Crippen LogP contribution in [0, 0.1) is 17.8 Å². The first-order chi connectivity index (χ1) is 16.8. The Labute approximate surface area is 207 Å². The Balaban J connectivity index is 1.74. The third-order valence-corrected chi connectivity index (χ3v) is 6.81. The van der Waals surface area contributed by atoms with E-state index in [1.807, 2.05) is 51.1 Å². The smallest absolute Gasteiger partial charge is 0.302 e. The standard InChI is InChI=1S/C26H40O9/c1-5-30-26-16(2)21(24(29)23(35-26)15-31-18(4)28)11-22-17(3)25(33-14-20(12-27)34-22)32-13-19-9-7-6-8-10-19/h6-10,16-17,20-27,29H,5,11-15H2,1-4H3. The third kappa shape index (κ3) is 7.69. The fourth-order valence-electron chi connectivity index (χ4n) is 4.74. The van der Waals surface area contributed by atoms with Gasteiger partial charge in [-0.05, 0) is 24.8 Å². The SMILES string of the molecule is CCOC1OC(COC(C)=O)C(O)C(CC2OC(CO)COC(OCc3ccccc3)C2C)C1C. The van der Waals surface area contributed by atoms with Crippen LogP contribution < -0.4 is 0 Å². The van der Waals surface area contributed by atoms with E-state index in [4.69, 9.17) is 28.4 Å². The lowest BCUT2D eigenvalue weighted by Crippen LogP contribution is -2.54. The van der Waals surface area contributed by atoms with Gasteiger partial charge in [0, 0.05) is 25.4 Å². The summed E-state index contributed by atoms with van der Waals surface area (Å²) in [5.74, 6) is -1.02. The number of carbonyl (C=O) groups excluding carboxylic acids is 1. The number of aliphatic hydroxyl groups is 2. The molecule has 2 aliphatic heterocycles. The van der Waals surface area contributed by atoms with Crippen molar-refractivity contribution in [3.8, 4) is 0 Å². The summed E-state index contributed by atoms with van der Waals surface area (Å²) in [5, 5.41) is 21.0. The van der Waals surface area contributed by atoms with E-state index >= 15 is 0 Å². The van der Waals surface area contributed by atoms with E-state index < -0.39 is 36.9 Å². The molecular formula is C26H40O9. The summed E-state index contributed by atoms with van der Waals surface area (Å²) in [5.41, 5.74) is 1.03. The van der Waals surface area contributed by atoms with Crippen LogP contribution in [0.15, 0.2) is 30.3 Å². The Hall–Kier alpha value is -1.59. The molecule has 2 fully saturated rings. The van der Waals surface area contributed by atoms with Crippen molar-refractivity contribution in [1.29, 1.82) is 0 Å². The van der Waals surface area contributed by atoms with Gasteiger partial charge in [-0.1, -0.05) is 44.2 Å². The van der Waals surface area contributed by atoms with Crippen molar-refractivity contribution >= 4 is 5.97 Å². The van der Waals surface area contributed by atoms with Crippen LogP contribution in [0.5, 0.6) is 0 Å². The van der Waals surface area contributed by atoms with Crippen LogP contribution in [-0.2, 0) is 39.8 Å². The van der Waals surface area contributed by atoms with Gasteiger partial charge in [0.15, 0.2) is 12.6 Å². The van der Waals surface area contributed by atoms with E-state index in [2.05, 4.69) is 0 Å². The lowest BCUT2D eigenvalue weighted by atomic mass is 9.77. The number of benzene rings is 1. The third-order valence-electron chi connectivity index (χ3n) is 6.81. The monoisotopic (exact) mass is 496 g/mol. The van der Waals surface area contributed by atoms with Crippen LogP contribution in [0.3, 0.4) is 0 Å². The highest BCUT2D eigenvalue weighted by Crippen LogP contribution is 2.38. The molecule has 0 aliphatic carbocycles. The van der Waals surface area contributed by atoms with Gasteiger partial charge in [0.1, 0.15) is 18.8 Å². The lowest BCUT2D eigenvalue weighted by Gasteiger charge is -2.45. The molecule has 0 saturated carbocycles. The summed E-state index contributed by atoms with van der Waals surface area (Å²) in [4.78, 5) is 11.4. The van der Waals surface area contributed by atoms with E-state index in [-0.39, 0.29) is 43.7 Å². The van der Waals surface area contributed by atoms with Crippen molar-refractivity contribution in [2.45, 2.75) is 77.7 Å². The average molecular weight is 497 g/mol. The van der Waals surface area contributed by atoms with E-state index in [0.717, 1.165) is 5.56 Å². The first kappa shape index (κ1) is 28.0. The molecule has 9 unspecified atom stereocenters. The quantitative estimate of drug-likeness (QED) is 0.471. The first-order valence-corrected chi connectivity index (χ1v) is 12.5. The van der Waals surface area contributed by atoms with Crippen LogP contribution in [0.1, 0.15) is 39.7 Å². The Morgan fingerprint density at radius 3 is 2.46 bits per heavy atom. The summed E-state index contributed by atoms with van der Waals surface area (Å²) >= 11 is 0. The van der Waals surface area contributed by atoms with Crippen molar-refractivity contribution in [1.82, 2.24) is 0 Å². The summed E-state index contributed by atoms with van der Waals surface area (Å²) in [6.45, 7) is 7.97. The molecule has 2 aliphatic rings. The molecule has 1 aromatic carbocycles. The zero-order chi connectivity index (χ0) is 25.4. The van der Waals surface area contributed by atoms with Gasteiger partial charge in [-0.25, -0.2) is 0 Å². The second-order valence-electron chi connectivity index (χ2n) is 9.39. The molecular weight excluding hydrogens is 456 g/mol. The predicted octanol–water partition coefficient (Wildman–Crippen LogP) is 2.27. The number of carbonyl (C=O) groups is 1. The molecule has 2 saturated heterocycles. The molecule has 0 aromatic heterocycles. The summed E-state index contributed by atoms with van der Waals surface area (Å²) in [6.07, 6.45) is -3.08. The summed E-state index contributed by atoms with van der Waals surface area (Å²) < 4.78 is 35.2. The van der Waals surface area contributed by atoms with Gasteiger partial charge in [0.05, 0.1) is 32.0 Å². The maximum atomic E-state index is 11.4. The lowest BCUT2D eigenvalue weighted by molar-refractivity contribution is -0.275. The molecule has 0 amide bonds. The highest BCUT2D eigenvalue weighted by Gasteiger charge is 2.46. The van der Waals surface area contributed by atoms with Gasteiger partial charge in [0.2, 0.25) is 0 Å². The zero-order valence-electron chi connectivity index (χ0n) is 21.1. The molecule has 2 N–H and O–H groups in total. The van der Waals surface area contributed by atoms with Crippen LogP contribution in [0.25, 0.3) is 0 Å². The molecule has 3 rings (SSSR count). The van der Waals surface area contributed by atoms with Crippen molar-refractivity contribution in [2.75, 3.05) is 26.4 Å². The van der Waals surface area contributed by atoms with Gasteiger partial charge in [-0.2, -0.15) is 0 Å². The summed E-state index contributed by atoms with van der Waals surface area (Å²) in [6, 6.07) is 9.85. The molecule has 0 spiro atoms. The molecule has 35 heavy (non-hydrogen) atoms. The Morgan fingerprint density at radius 2 is 1.80 bits per heavy atom. The molecule has 0 bridgehead atoms. The molecule has 9 heteroatoms. The number of hydrogen-bond donors (Lipinski definition) is 2. The second kappa shape index (κ2) is 13.6. The van der Waals surface area contributed by atoms with E-state index in [1.165, 1.54) is 6.92 Å². The Morgan fingerprint density at radius 1 is 1.06 bits per heavy atom. The summed E-state index contributed by atoms with van der Waals surface area (Å²) in [7, 11) is 0. The van der Waals surface area contributed by atoms with Crippen LogP contribution in [-0.4, -0.2) is 79.6 Å². The second-order valence-corrected chi connectivity index (χ2v) is 9.39. The van der Waals surface area contributed by atoms with Gasteiger partial charge in [-0.3, -0.25) is 4.79 Å². The molecule has 198 valence electrons. The van der Waals surface area contributed by atoms with Crippen molar-refractivity contribution in [3.05, 3.63) is 35.9 Å². The van der Waals surface area contributed by atoms with Crippen LogP contribution >= 0.6 is 0 Å². The number of aliphatic hydroxyl groups excluding tert-OH is 2. The molecule has 0 radical (unpaired) electrons. The topological polar surface area (TPSA) is 113 Å². The zero-order valence-corrected chi connectivity index (χ0v) is 21.1. The van der Waals surface area contributed by atoms with Gasteiger partial charge in [0.25, 0.3) is 0 Å². The first-order valence-electron chi connectivity index (χ1n) is 12.5. The van der Waals surface area contributed by atoms with Gasteiger partial charge >= 0.3 is 5.97 Å². The van der Waals surface area contributed by atoms with E-state index in [1.54, 1.807) is 0 Å². The van der Waals surface area contributed by atoms with Crippen molar-refractivity contribution in [3.63, 3.8) is 0 Å². The molecule has 9 atom stereocenters. The van der Waals surface area contributed by atoms with Gasteiger partial charge < -0.3 is 38.6 Å². The highest BCUT2D eigenvalue weighted by molar-refractivity contribution is 5.65. The number of esters is 1. The van der Waals surface area contributed by atoms with E-state index in [9.17, 15) is 15.0 Å². The molecule has 2 heterocycles. The maximum absolute atomic E-state index is 11.4. The fourth-order valence-corrected chi connectivity index (χ4v) is 4.74. The molecule has 1 aromatic rings. The Bertz CT molecular complexity index is 760. The number of hydrogen-bond acceptors (Lipinski definition) is 9. The van der Waals surface area contributed by atoms with Crippen LogP contribution in [0.2, 0.25) is 0 Å². The predicted molar refractivity (Wildman–Crippen MR) is 126 cm³/mol. The van der Waals surface area contributed by atoms with E-state index in [0.29, 0.717) is 19.6 Å². The number of ether oxygens (including phenoxy) is 6. The highest BCUT2D eigenvalue weighted by atomic mass is 16.7. The number of rotatable bonds is 10. The van der Waals surface area contributed by atoms with Crippen molar-refractivity contribution < 1.29 is 43.4 Å². The minimum absolute atomic E-state index is 0.0600. The Kier molecular flexibility index (Phi) is 10.9. The van der Waals surface area contributed by atoms with Gasteiger partial charge in [-0.15, -0.1) is 0 Å². The normalized spacial score (nSPS) is 35.9. The molecule has 9 nitrogen and oxygen atoms in total. The largest absolute Gasteiger partial charge is 0.463 e. The fraction of sp³-hybridized carbons (Fsp3) is 0.731. The maximum Gasteiger partial charge on any atom is 0.302 e. The minimum Gasteiger partial charge on any atom is -0.463 e. The minimum atomic E-state index is -0.891.